The zero-order chi connectivity index (χ0) is 31.8. The molecule has 0 spiro atoms. The van der Waals surface area contributed by atoms with Crippen molar-refractivity contribution in [1.82, 2.24) is 9.97 Å². The van der Waals surface area contributed by atoms with Gasteiger partial charge in [-0.25, -0.2) is 9.97 Å². The lowest BCUT2D eigenvalue weighted by molar-refractivity contribution is 0.0897. The van der Waals surface area contributed by atoms with E-state index in [1.807, 2.05) is 30.7 Å². The summed E-state index contributed by atoms with van der Waals surface area (Å²) in [7, 11) is -1.94. The molecule has 1 aromatic heterocycles. The summed E-state index contributed by atoms with van der Waals surface area (Å²) in [4.78, 5) is 9.31. The maximum Gasteiger partial charge on any atom is 0.240 e. The lowest BCUT2D eigenvalue weighted by Gasteiger charge is -2.35. The molecule has 0 amide bonds. The Balaban J connectivity index is 1.38. The van der Waals surface area contributed by atoms with Crippen molar-refractivity contribution in [3.05, 3.63) is 130 Å². The second-order valence-corrected chi connectivity index (χ2v) is 15.9. The standard InChI is InChI=1S/C36H38Cl2N4OSSi/c1-36(2,3)32(43-45(28-15-7-5-8-16-28)29-17-9-6-10-18-29)22-25-13-11-14-27(21-25)41-34-26(24-40-35(42-34)44-4)23-39-33-30(37)19-12-20-31(33)38/h5-21,24,32,39,45H,22-23H2,1-4H3,(H,40,41,42). The highest BCUT2D eigenvalue weighted by Crippen LogP contribution is 2.32. The maximum atomic E-state index is 7.16. The fourth-order valence-electron chi connectivity index (χ4n) is 5.03. The van der Waals surface area contributed by atoms with Gasteiger partial charge < -0.3 is 15.1 Å². The van der Waals surface area contributed by atoms with Crippen LogP contribution in [-0.4, -0.2) is 31.4 Å². The Morgan fingerprint density at radius 1 is 0.844 bits per heavy atom. The van der Waals surface area contributed by atoms with Crippen LogP contribution in [0, 0.1) is 5.41 Å². The highest BCUT2D eigenvalue weighted by Gasteiger charge is 2.31. The average molecular weight is 674 g/mol. The van der Waals surface area contributed by atoms with E-state index in [1.165, 1.54) is 27.7 Å². The van der Waals surface area contributed by atoms with E-state index in [9.17, 15) is 0 Å². The molecule has 1 unspecified atom stereocenters. The van der Waals surface area contributed by atoms with Gasteiger partial charge in [0, 0.05) is 24.0 Å². The summed E-state index contributed by atoms with van der Waals surface area (Å²) in [5.74, 6) is 0.728. The first kappa shape index (κ1) is 33.0. The average Bonchev–Trinajstić information content (AvgIpc) is 3.04. The lowest BCUT2D eigenvalue weighted by Crippen LogP contribution is -2.50. The number of hydrogen-bond donors (Lipinski definition) is 2. The van der Waals surface area contributed by atoms with Gasteiger partial charge in [0.2, 0.25) is 9.04 Å². The van der Waals surface area contributed by atoms with Gasteiger partial charge in [0.25, 0.3) is 0 Å². The number of para-hydroxylation sites is 1. The highest BCUT2D eigenvalue weighted by atomic mass is 35.5. The molecule has 0 radical (unpaired) electrons. The third-order valence-corrected chi connectivity index (χ3v) is 11.3. The molecule has 5 aromatic rings. The van der Waals surface area contributed by atoms with Gasteiger partial charge in [-0.05, 0) is 58.3 Å². The predicted octanol–water partition coefficient (Wildman–Crippen LogP) is 8.37. The molecule has 0 aliphatic carbocycles. The molecule has 232 valence electrons. The lowest BCUT2D eigenvalue weighted by atomic mass is 9.85. The van der Waals surface area contributed by atoms with Crippen LogP contribution in [0.25, 0.3) is 0 Å². The van der Waals surface area contributed by atoms with Gasteiger partial charge in [-0.3, -0.25) is 0 Å². The van der Waals surface area contributed by atoms with E-state index in [4.69, 9.17) is 32.6 Å². The van der Waals surface area contributed by atoms with E-state index in [0.29, 0.717) is 27.4 Å². The first-order valence-electron chi connectivity index (χ1n) is 14.9. The van der Waals surface area contributed by atoms with Crippen LogP contribution >= 0.6 is 35.0 Å². The van der Waals surface area contributed by atoms with Crippen molar-refractivity contribution >= 4 is 71.6 Å². The number of thioether (sulfide) groups is 1. The summed E-state index contributed by atoms with van der Waals surface area (Å²) < 4.78 is 7.16. The van der Waals surface area contributed by atoms with E-state index in [1.54, 1.807) is 0 Å². The number of rotatable bonds is 12. The minimum atomic E-state index is -1.94. The molecule has 0 saturated heterocycles. The SMILES string of the molecule is CSc1ncc(CNc2c(Cl)cccc2Cl)c(Nc2cccc(CC(O[SiH](c3ccccc3)c3ccccc3)C(C)(C)C)c2)n1. The second kappa shape index (κ2) is 15.3. The summed E-state index contributed by atoms with van der Waals surface area (Å²) in [5.41, 5.74) is 3.64. The molecule has 45 heavy (non-hydrogen) atoms. The van der Waals surface area contributed by atoms with E-state index in [2.05, 4.69) is 121 Å². The first-order chi connectivity index (χ1) is 21.7. The monoisotopic (exact) mass is 672 g/mol. The van der Waals surface area contributed by atoms with Crippen molar-refractivity contribution < 1.29 is 4.43 Å². The molecule has 4 aromatic carbocycles. The topological polar surface area (TPSA) is 59.1 Å². The molecule has 1 atom stereocenters. The van der Waals surface area contributed by atoms with Crippen molar-refractivity contribution in [2.75, 3.05) is 16.9 Å². The molecule has 0 aliphatic heterocycles. The van der Waals surface area contributed by atoms with Crippen LogP contribution in [0.5, 0.6) is 0 Å². The molecule has 9 heteroatoms. The minimum Gasteiger partial charge on any atom is -0.407 e. The van der Waals surface area contributed by atoms with E-state index >= 15 is 0 Å². The van der Waals surface area contributed by atoms with Crippen LogP contribution in [0.2, 0.25) is 10.0 Å². The Morgan fingerprint density at radius 3 is 2.07 bits per heavy atom. The smallest absolute Gasteiger partial charge is 0.240 e. The van der Waals surface area contributed by atoms with Crippen LogP contribution in [0.15, 0.2) is 114 Å². The van der Waals surface area contributed by atoms with Crippen LogP contribution in [0.1, 0.15) is 31.9 Å². The van der Waals surface area contributed by atoms with Gasteiger partial charge in [-0.2, -0.15) is 0 Å². The largest absolute Gasteiger partial charge is 0.407 e. The van der Waals surface area contributed by atoms with E-state index in [0.717, 1.165) is 23.5 Å². The Labute approximate surface area is 282 Å². The fourth-order valence-corrected chi connectivity index (χ4v) is 8.58. The number of halogens is 2. The van der Waals surface area contributed by atoms with Gasteiger partial charge in [0.15, 0.2) is 5.16 Å². The Morgan fingerprint density at radius 2 is 1.47 bits per heavy atom. The predicted molar refractivity (Wildman–Crippen MR) is 195 cm³/mol. The van der Waals surface area contributed by atoms with Gasteiger partial charge in [-0.1, -0.05) is 135 Å². The zero-order valence-electron chi connectivity index (χ0n) is 25.9. The number of nitrogens with one attached hydrogen (secondary N) is 2. The molecule has 5 nitrogen and oxygen atoms in total. The minimum absolute atomic E-state index is 0.00658. The van der Waals surface area contributed by atoms with Crippen LogP contribution in [0.3, 0.4) is 0 Å². The van der Waals surface area contributed by atoms with Crippen molar-refractivity contribution in [2.24, 2.45) is 5.41 Å². The number of anilines is 3. The quantitative estimate of drug-likeness (QED) is 0.0789. The Bertz CT molecular complexity index is 1640. The number of hydrogen-bond acceptors (Lipinski definition) is 6. The summed E-state index contributed by atoms with van der Waals surface area (Å²) in [5, 5.41) is 11.3. The molecule has 0 bridgehead atoms. The highest BCUT2D eigenvalue weighted by molar-refractivity contribution is 7.98. The zero-order valence-corrected chi connectivity index (χ0v) is 29.4. The van der Waals surface area contributed by atoms with Gasteiger partial charge in [0.05, 0.1) is 21.8 Å². The normalized spacial score (nSPS) is 12.2. The summed E-state index contributed by atoms with van der Waals surface area (Å²) in [6.07, 6.45) is 4.59. The third-order valence-electron chi connectivity index (χ3n) is 7.53. The number of benzene rings is 4. The van der Waals surface area contributed by atoms with Crippen molar-refractivity contribution in [1.29, 1.82) is 0 Å². The number of nitrogens with zero attached hydrogens (tertiary/aromatic N) is 2. The van der Waals surface area contributed by atoms with Crippen molar-refractivity contribution in [3.8, 4) is 0 Å². The van der Waals surface area contributed by atoms with Crippen molar-refractivity contribution in [2.45, 2.75) is 45.0 Å². The van der Waals surface area contributed by atoms with Gasteiger partial charge in [0.1, 0.15) is 5.82 Å². The molecule has 0 fully saturated rings. The fraction of sp³-hybridized carbons (Fsp3) is 0.222. The second-order valence-electron chi connectivity index (χ2n) is 11.9. The molecule has 0 saturated carbocycles. The van der Waals surface area contributed by atoms with Gasteiger partial charge in [-0.15, -0.1) is 0 Å². The van der Waals surface area contributed by atoms with Crippen molar-refractivity contribution in [3.63, 3.8) is 0 Å². The third kappa shape index (κ3) is 8.90. The van der Waals surface area contributed by atoms with Crippen LogP contribution < -0.4 is 21.0 Å². The van der Waals surface area contributed by atoms with E-state index in [-0.39, 0.29) is 11.5 Å². The summed E-state index contributed by atoms with van der Waals surface area (Å²) in [6.45, 7) is 7.23. The number of aromatic nitrogens is 2. The molecule has 5 rings (SSSR count). The Kier molecular flexibility index (Phi) is 11.2. The molecule has 2 N–H and O–H groups in total. The molecule has 1 heterocycles. The van der Waals surface area contributed by atoms with E-state index < -0.39 is 9.04 Å². The summed E-state index contributed by atoms with van der Waals surface area (Å²) >= 11 is 14.3. The molecular weight excluding hydrogens is 635 g/mol. The van der Waals surface area contributed by atoms with Gasteiger partial charge >= 0.3 is 0 Å². The molecule has 0 aliphatic rings. The maximum absolute atomic E-state index is 7.16. The Hall–Kier alpha value is -3.33. The molecular formula is C36H38Cl2N4OSSi. The van der Waals surface area contributed by atoms with Crippen LogP contribution in [0.4, 0.5) is 17.2 Å². The summed E-state index contributed by atoms with van der Waals surface area (Å²) in [6, 6.07) is 35.3. The van der Waals surface area contributed by atoms with Crippen LogP contribution in [-0.2, 0) is 17.4 Å². The first-order valence-corrected chi connectivity index (χ1v) is 18.5.